The Kier molecular flexibility index (Phi) is 13.1. The first-order valence-corrected chi connectivity index (χ1v) is 23.7. The van der Waals surface area contributed by atoms with Crippen molar-refractivity contribution in [1.82, 2.24) is 0 Å². The molecule has 17 heteroatoms. The van der Waals surface area contributed by atoms with Gasteiger partial charge in [-0.05, 0) is 111 Å². The molecule has 0 radical (unpaired) electrons. The fourth-order valence-electron chi connectivity index (χ4n) is 14.6. The lowest BCUT2D eigenvalue weighted by Gasteiger charge is -2.61. The highest BCUT2D eigenvalue weighted by molar-refractivity contribution is 5.15. The molecule has 27 atom stereocenters. The summed E-state index contributed by atoms with van der Waals surface area (Å²) < 4.78 is 50.0. The summed E-state index contributed by atoms with van der Waals surface area (Å²) in [6.45, 7) is 10.6. The van der Waals surface area contributed by atoms with Crippen molar-refractivity contribution in [3.8, 4) is 0 Å². The molecule has 0 aromatic rings. The first-order chi connectivity index (χ1) is 29.4. The molecular weight excluding hydrogens is 812 g/mol. The second kappa shape index (κ2) is 17.4. The first kappa shape index (κ1) is 46.4. The summed E-state index contributed by atoms with van der Waals surface area (Å²) in [5.41, 5.74) is 0.320. The highest BCUT2D eigenvalue weighted by Crippen LogP contribution is 2.71. The van der Waals surface area contributed by atoms with Gasteiger partial charge in [0.15, 0.2) is 24.7 Å². The van der Waals surface area contributed by atoms with E-state index in [-0.39, 0.29) is 23.0 Å². The molecule has 5 heterocycles. The van der Waals surface area contributed by atoms with Gasteiger partial charge in [0, 0.05) is 12.3 Å². The van der Waals surface area contributed by atoms with Gasteiger partial charge in [0.25, 0.3) is 0 Å². The van der Waals surface area contributed by atoms with Crippen LogP contribution in [0.2, 0.25) is 0 Å². The van der Waals surface area contributed by atoms with Crippen LogP contribution in [0, 0.1) is 52.3 Å². The molecule has 1 spiro atoms. The lowest BCUT2D eigenvalue weighted by molar-refractivity contribution is -0.390. The van der Waals surface area contributed by atoms with Crippen LogP contribution in [0.25, 0.3) is 0 Å². The van der Waals surface area contributed by atoms with Gasteiger partial charge in [-0.1, -0.05) is 27.7 Å². The van der Waals surface area contributed by atoms with Gasteiger partial charge in [-0.3, -0.25) is 0 Å². The minimum atomic E-state index is -1.81. The van der Waals surface area contributed by atoms with Gasteiger partial charge in [0.1, 0.15) is 67.1 Å². The van der Waals surface area contributed by atoms with Crippen molar-refractivity contribution in [1.29, 1.82) is 0 Å². The Hall–Kier alpha value is -0.680. The van der Waals surface area contributed by atoms with E-state index in [0.717, 1.165) is 51.6 Å². The molecule has 17 nitrogen and oxygen atoms in total. The molecule has 4 saturated carbocycles. The van der Waals surface area contributed by atoms with Crippen LogP contribution in [0.1, 0.15) is 98.8 Å². The molecule has 4 aliphatic carbocycles. The molecule has 9 N–H and O–H groups in total. The number of rotatable bonds is 8. The van der Waals surface area contributed by atoms with Gasteiger partial charge in [-0.15, -0.1) is 0 Å². The smallest absolute Gasteiger partial charge is 0.187 e. The van der Waals surface area contributed by atoms with Crippen molar-refractivity contribution in [3.05, 3.63) is 0 Å². The maximum atomic E-state index is 12.0. The van der Waals surface area contributed by atoms with Crippen molar-refractivity contribution >= 4 is 0 Å². The lowest BCUT2D eigenvalue weighted by Crippen LogP contribution is -2.67. The minimum absolute atomic E-state index is 0.103. The Bertz CT molecular complexity index is 1550. The molecule has 356 valence electrons. The molecule has 0 aromatic carbocycles. The minimum Gasteiger partial charge on any atom is -0.394 e. The van der Waals surface area contributed by atoms with E-state index in [1.165, 1.54) is 19.8 Å². The molecule has 9 rings (SSSR count). The summed E-state index contributed by atoms with van der Waals surface area (Å²) in [6.07, 6.45) is -12.6. The van der Waals surface area contributed by atoms with Gasteiger partial charge >= 0.3 is 0 Å². The van der Waals surface area contributed by atoms with E-state index in [2.05, 4.69) is 27.7 Å². The van der Waals surface area contributed by atoms with E-state index in [4.69, 9.17) is 37.9 Å². The second-order valence-corrected chi connectivity index (χ2v) is 21.5. The van der Waals surface area contributed by atoms with E-state index in [1.807, 2.05) is 0 Å². The zero-order valence-corrected chi connectivity index (χ0v) is 36.8. The van der Waals surface area contributed by atoms with Crippen LogP contribution in [-0.4, -0.2) is 176 Å². The van der Waals surface area contributed by atoms with Gasteiger partial charge < -0.3 is 83.9 Å². The molecule has 9 aliphatic rings. The maximum absolute atomic E-state index is 12.0. The Balaban J connectivity index is 0.899. The van der Waals surface area contributed by atoms with Crippen LogP contribution >= 0.6 is 0 Å². The maximum Gasteiger partial charge on any atom is 0.187 e. The molecule has 0 aromatic heterocycles. The van der Waals surface area contributed by atoms with E-state index in [1.54, 1.807) is 0 Å². The molecule has 5 saturated heterocycles. The van der Waals surface area contributed by atoms with Gasteiger partial charge in [0.2, 0.25) is 0 Å². The highest BCUT2D eigenvalue weighted by atomic mass is 16.8. The number of fused-ring (bicyclic) bond motifs is 7. The van der Waals surface area contributed by atoms with Crippen molar-refractivity contribution in [2.75, 3.05) is 19.8 Å². The second-order valence-electron chi connectivity index (χ2n) is 21.5. The van der Waals surface area contributed by atoms with Crippen LogP contribution in [0.3, 0.4) is 0 Å². The molecule has 0 bridgehead atoms. The monoisotopic (exact) mass is 886 g/mol. The van der Waals surface area contributed by atoms with E-state index >= 15 is 0 Å². The van der Waals surface area contributed by atoms with Gasteiger partial charge in [-0.2, -0.15) is 0 Å². The van der Waals surface area contributed by atoms with Gasteiger partial charge in [-0.25, -0.2) is 0 Å². The van der Waals surface area contributed by atoms with E-state index < -0.39 is 111 Å². The third-order valence-corrected chi connectivity index (χ3v) is 18.2. The summed E-state index contributed by atoms with van der Waals surface area (Å²) in [5.74, 6) is 3.18. The molecular formula is C45H74O17. The van der Waals surface area contributed by atoms with Crippen molar-refractivity contribution in [2.45, 2.75) is 209 Å². The third kappa shape index (κ3) is 7.56. The van der Waals surface area contributed by atoms with E-state index in [9.17, 15) is 46.0 Å². The van der Waals surface area contributed by atoms with Crippen LogP contribution in [-0.2, 0) is 37.9 Å². The average Bonchev–Trinajstić information content (AvgIpc) is 3.70. The summed E-state index contributed by atoms with van der Waals surface area (Å²) >= 11 is 0. The van der Waals surface area contributed by atoms with Crippen LogP contribution in [0.15, 0.2) is 0 Å². The largest absolute Gasteiger partial charge is 0.394 e. The molecule has 62 heavy (non-hydrogen) atoms. The average molecular weight is 887 g/mol. The predicted molar refractivity (Wildman–Crippen MR) is 214 cm³/mol. The summed E-state index contributed by atoms with van der Waals surface area (Å²) in [5, 5.41) is 95.8. The Morgan fingerprint density at radius 1 is 0.581 bits per heavy atom. The molecule has 0 amide bonds. The Morgan fingerprint density at radius 3 is 1.94 bits per heavy atom. The van der Waals surface area contributed by atoms with Crippen LogP contribution in [0.5, 0.6) is 0 Å². The number of hydrogen-bond acceptors (Lipinski definition) is 17. The third-order valence-electron chi connectivity index (χ3n) is 18.2. The Morgan fingerprint density at radius 2 is 1.24 bits per heavy atom. The SMILES string of the molecule is C[C@@H]1CC[C@@]2(OC1)OC1C[C@H]3[C@@H]4CC[C@H]5C[C@@H](O[C@@H]6O[C@H](CO)[C@H](O[C@@H]7O[C@H](CO)[C@@H](O)[C@H](O)[C@H]7O)[C@H](O)[C@H]6O[C@@H]6O[C@@H](C)[C@H](O)[C@@H](O)[C@H]6O)CC[C@]5(C)[C@H]4CC[C@]3(C)C1[C@@H]2C. The number of ether oxygens (including phenoxy) is 8. The van der Waals surface area contributed by atoms with Crippen LogP contribution < -0.4 is 0 Å². The predicted octanol–water partition coefficient (Wildman–Crippen LogP) is 0.294. The molecule has 5 aliphatic heterocycles. The van der Waals surface area contributed by atoms with Crippen LogP contribution in [0.4, 0.5) is 0 Å². The van der Waals surface area contributed by atoms with E-state index in [0.29, 0.717) is 47.8 Å². The number of hydrogen-bond donors (Lipinski definition) is 9. The topological polar surface area (TPSA) is 256 Å². The fraction of sp³-hybridized carbons (Fsp3) is 1.00. The molecule has 2 unspecified atom stereocenters. The normalized spacial score (nSPS) is 58.9. The van der Waals surface area contributed by atoms with Crippen molar-refractivity contribution in [2.24, 2.45) is 52.3 Å². The summed E-state index contributed by atoms with van der Waals surface area (Å²) in [6, 6.07) is 0. The summed E-state index contributed by atoms with van der Waals surface area (Å²) in [4.78, 5) is 0. The van der Waals surface area contributed by atoms with Crippen molar-refractivity contribution in [3.63, 3.8) is 0 Å². The Labute approximate surface area is 364 Å². The summed E-state index contributed by atoms with van der Waals surface area (Å²) in [7, 11) is 0. The molecule has 9 fully saturated rings. The standard InChI is InChI=1S/C45H74O17/c1-19-8-13-45(55-18-19)20(2)30-27(62-45)15-26-24-7-6-22-14-23(9-11-43(22,4)25(24)10-12-44(26,30)5)57-42-39(61-40-35(52)33(50)31(48)21(3)56-40)37(54)38(29(17-47)59-42)60-41-36(53)34(51)32(49)28(16-46)58-41/h19-42,46-54H,6-18H2,1-5H3/t19-,20+,21+,22+,23+,24-,25+,26+,27?,28-,29-,30?,31+,32-,33-,34+,35-,36-,37+,38+,39-,40+,41+,42-,43+,44+,45-/m1/s1. The number of aliphatic hydroxyl groups excluding tert-OH is 9. The highest BCUT2D eigenvalue weighted by Gasteiger charge is 2.69. The zero-order valence-electron chi connectivity index (χ0n) is 36.8. The first-order valence-electron chi connectivity index (χ1n) is 23.7. The quantitative estimate of drug-likeness (QED) is 0.149. The zero-order chi connectivity index (χ0) is 44.2. The number of aliphatic hydroxyl groups is 9. The van der Waals surface area contributed by atoms with Gasteiger partial charge in [0.05, 0.1) is 38.1 Å². The lowest BCUT2D eigenvalue weighted by atomic mass is 9.44. The fourth-order valence-corrected chi connectivity index (χ4v) is 14.6. The van der Waals surface area contributed by atoms with Crippen molar-refractivity contribution < 1.29 is 83.9 Å².